The number of para-hydroxylation sites is 1. The van der Waals surface area contributed by atoms with E-state index < -0.39 is 6.36 Å². The highest BCUT2D eigenvalue weighted by atomic mass is 19.4. The molecule has 0 aliphatic heterocycles. The number of aliphatic imine (C=N–C) groups is 1. The van der Waals surface area contributed by atoms with Crippen molar-refractivity contribution >= 4 is 11.9 Å². The van der Waals surface area contributed by atoms with Gasteiger partial charge < -0.3 is 20.7 Å². The monoisotopic (exact) mass is 374 g/mol. The van der Waals surface area contributed by atoms with Gasteiger partial charge in [-0.1, -0.05) is 18.2 Å². The maximum Gasteiger partial charge on any atom is 0.573 e. The Morgan fingerprint density at radius 3 is 2.54 bits per heavy atom. The van der Waals surface area contributed by atoms with E-state index in [-0.39, 0.29) is 30.7 Å². The number of nitrogens with one attached hydrogen (secondary N) is 3. The summed E-state index contributed by atoms with van der Waals surface area (Å²) in [5, 5.41) is 8.73. The molecule has 146 valence electrons. The Bertz CT molecular complexity index is 604. The lowest BCUT2D eigenvalue weighted by Gasteiger charge is -2.14. The molecule has 0 radical (unpaired) electrons. The first kappa shape index (κ1) is 21.6. The lowest BCUT2D eigenvalue weighted by atomic mass is 10.2. The molecule has 0 atom stereocenters. The molecule has 6 nitrogen and oxygen atoms in total. The zero-order valence-corrected chi connectivity index (χ0v) is 15.1. The SMILES string of the molecule is CCNC(=NCc1ccccc1OC(F)(F)F)NCCC(=O)NC(C)C. The van der Waals surface area contributed by atoms with Crippen molar-refractivity contribution in [3.63, 3.8) is 0 Å². The molecule has 0 spiro atoms. The highest BCUT2D eigenvalue weighted by molar-refractivity contribution is 5.81. The van der Waals surface area contributed by atoms with E-state index in [9.17, 15) is 18.0 Å². The maximum atomic E-state index is 12.5. The van der Waals surface area contributed by atoms with Crippen molar-refractivity contribution < 1.29 is 22.7 Å². The number of hydrogen-bond donors (Lipinski definition) is 3. The zero-order valence-electron chi connectivity index (χ0n) is 15.1. The largest absolute Gasteiger partial charge is 0.573 e. The third kappa shape index (κ3) is 9.14. The van der Waals surface area contributed by atoms with Crippen LogP contribution in [0.3, 0.4) is 0 Å². The first-order valence-corrected chi connectivity index (χ1v) is 8.36. The van der Waals surface area contributed by atoms with E-state index in [0.717, 1.165) is 0 Å². The standard InChI is InChI=1S/C17H25F3N4O2/c1-4-21-16(22-10-9-15(25)24-12(2)3)23-11-13-7-5-6-8-14(13)26-17(18,19)20/h5-8,12H,4,9-11H2,1-3H3,(H,24,25)(H2,21,22,23). The van der Waals surface area contributed by atoms with E-state index >= 15 is 0 Å². The summed E-state index contributed by atoms with van der Waals surface area (Å²) >= 11 is 0. The maximum absolute atomic E-state index is 12.5. The summed E-state index contributed by atoms with van der Waals surface area (Å²) in [6, 6.07) is 5.91. The van der Waals surface area contributed by atoms with Crippen LogP contribution < -0.4 is 20.7 Å². The van der Waals surface area contributed by atoms with E-state index in [1.54, 1.807) is 6.07 Å². The Morgan fingerprint density at radius 1 is 1.23 bits per heavy atom. The van der Waals surface area contributed by atoms with Crippen LogP contribution >= 0.6 is 0 Å². The number of rotatable bonds is 8. The number of nitrogens with zero attached hydrogens (tertiary/aromatic N) is 1. The van der Waals surface area contributed by atoms with E-state index in [1.165, 1.54) is 18.2 Å². The Kier molecular flexibility index (Phi) is 8.74. The molecule has 0 fully saturated rings. The second-order valence-corrected chi connectivity index (χ2v) is 5.75. The summed E-state index contributed by atoms with van der Waals surface area (Å²) in [6.45, 7) is 6.54. The molecule has 9 heteroatoms. The van der Waals surface area contributed by atoms with Gasteiger partial charge in [-0.15, -0.1) is 13.2 Å². The molecular weight excluding hydrogens is 349 g/mol. The molecule has 1 aromatic carbocycles. The van der Waals surface area contributed by atoms with Crippen LogP contribution in [0, 0.1) is 0 Å². The van der Waals surface area contributed by atoms with Crippen LogP contribution in [0.5, 0.6) is 5.75 Å². The molecule has 0 aromatic heterocycles. The van der Waals surface area contributed by atoms with Gasteiger partial charge in [0.25, 0.3) is 0 Å². The first-order valence-electron chi connectivity index (χ1n) is 8.36. The van der Waals surface area contributed by atoms with E-state index in [4.69, 9.17) is 0 Å². The predicted molar refractivity (Wildman–Crippen MR) is 93.8 cm³/mol. The normalized spacial score (nSPS) is 12.0. The summed E-state index contributed by atoms with van der Waals surface area (Å²) in [4.78, 5) is 15.9. The smallest absolute Gasteiger partial charge is 0.405 e. The summed E-state index contributed by atoms with van der Waals surface area (Å²) in [5.41, 5.74) is 0.305. The van der Waals surface area contributed by atoms with Crippen molar-refractivity contribution in [1.29, 1.82) is 0 Å². The number of benzene rings is 1. The highest BCUT2D eigenvalue weighted by Crippen LogP contribution is 2.26. The van der Waals surface area contributed by atoms with Crippen molar-refractivity contribution in [2.75, 3.05) is 13.1 Å². The third-order valence-corrected chi connectivity index (χ3v) is 3.04. The lowest BCUT2D eigenvalue weighted by Crippen LogP contribution is -2.40. The van der Waals surface area contributed by atoms with Gasteiger partial charge in [0.2, 0.25) is 5.91 Å². The van der Waals surface area contributed by atoms with Gasteiger partial charge in [0.1, 0.15) is 5.75 Å². The second kappa shape index (κ2) is 10.5. The predicted octanol–water partition coefficient (Wildman–Crippen LogP) is 2.56. The van der Waals surface area contributed by atoms with Crippen molar-refractivity contribution in [3.8, 4) is 5.75 Å². The zero-order chi connectivity index (χ0) is 19.6. The van der Waals surface area contributed by atoms with Crippen LogP contribution in [0.1, 0.15) is 32.8 Å². The molecule has 0 saturated carbocycles. The number of carbonyl (C=O) groups is 1. The number of halogens is 3. The topological polar surface area (TPSA) is 74.8 Å². The molecule has 0 aliphatic rings. The van der Waals surface area contributed by atoms with Gasteiger partial charge in [-0.3, -0.25) is 4.79 Å². The molecule has 0 unspecified atom stereocenters. The van der Waals surface area contributed by atoms with Gasteiger partial charge >= 0.3 is 6.36 Å². The summed E-state index contributed by atoms with van der Waals surface area (Å²) in [5.74, 6) is 0.0369. The summed E-state index contributed by atoms with van der Waals surface area (Å²) in [7, 11) is 0. The molecule has 0 bridgehead atoms. The third-order valence-electron chi connectivity index (χ3n) is 3.04. The van der Waals surface area contributed by atoms with Crippen molar-refractivity contribution in [1.82, 2.24) is 16.0 Å². The highest BCUT2D eigenvalue weighted by Gasteiger charge is 2.31. The van der Waals surface area contributed by atoms with Gasteiger partial charge in [0, 0.05) is 31.1 Å². The minimum atomic E-state index is -4.76. The minimum absolute atomic E-state index is 0.000221. The van der Waals surface area contributed by atoms with Crippen LogP contribution in [0.25, 0.3) is 0 Å². The second-order valence-electron chi connectivity index (χ2n) is 5.75. The van der Waals surface area contributed by atoms with E-state index in [0.29, 0.717) is 24.6 Å². The van der Waals surface area contributed by atoms with Crippen LogP contribution in [0.4, 0.5) is 13.2 Å². The van der Waals surface area contributed by atoms with Gasteiger partial charge in [-0.2, -0.15) is 0 Å². The Morgan fingerprint density at radius 2 is 1.92 bits per heavy atom. The van der Waals surface area contributed by atoms with E-state index in [1.807, 2.05) is 20.8 Å². The molecular formula is C17H25F3N4O2. The van der Waals surface area contributed by atoms with Gasteiger partial charge in [-0.05, 0) is 26.8 Å². The Hall–Kier alpha value is -2.45. The fourth-order valence-corrected chi connectivity index (χ4v) is 2.05. The van der Waals surface area contributed by atoms with Crippen molar-refractivity contribution in [2.24, 2.45) is 4.99 Å². The van der Waals surface area contributed by atoms with Crippen molar-refractivity contribution in [2.45, 2.75) is 46.1 Å². The van der Waals surface area contributed by atoms with E-state index in [2.05, 4.69) is 25.7 Å². The first-order chi connectivity index (χ1) is 12.2. The van der Waals surface area contributed by atoms with Crippen molar-refractivity contribution in [3.05, 3.63) is 29.8 Å². The number of ether oxygens (including phenoxy) is 1. The fraction of sp³-hybridized carbons (Fsp3) is 0.529. The summed E-state index contributed by atoms with van der Waals surface area (Å²) < 4.78 is 41.4. The van der Waals surface area contributed by atoms with Crippen LogP contribution in [-0.2, 0) is 11.3 Å². The fourth-order valence-electron chi connectivity index (χ4n) is 2.05. The lowest BCUT2D eigenvalue weighted by molar-refractivity contribution is -0.274. The summed E-state index contributed by atoms with van der Waals surface area (Å²) in [6.07, 6.45) is -4.50. The minimum Gasteiger partial charge on any atom is -0.405 e. The van der Waals surface area contributed by atoms with Gasteiger partial charge in [-0.25, -0.2) is 4.99 Å². The average molecular weight is 374 g/mol. The molecule has 1 aromatic rings. The number of guanidine groups is 1. The number of amides is 1. The molecule has 1 amide bonds. The van der Waals surface area contributed by atoms with Crippen LogP contribution in [0.15, 0.2) is 29.3 Å². The molecule has 0 aliphatic carbocycles. The molecule has 26 heavy (non-hydrogen) atoms. The number of hydrogen-bond acceptors (Lipinski definition) is 3. The average Bonchev–Trinajstić information content (AvgIpc) is 2.51. The molecule has 3 N–H and O–H groups in total. The van der Waals surface area contributed by atoms with Crippen LogP contribution in [0.2, 0.25) is 0 Å². The Labute approximate surface area is 151 Å². The van der Waals surface area contributed by atoms with Crippen LogP contribution in [-0.4, -0.2) is 37.4 Å². The number of carbonyl (C=O) groups excluding carboxylic acids is 1. The quantitative estimate of drug-likeness (QED) is 0.483. The molecule has 1 rings (SSSR count). The van der Waals surface area contributed by atoms with Gasteiger partial charge in [0.15, 0.2) is 5.96 Å². The molecule has 0 saturated heterocycles. The number of alkyl halides is 3. The van der Waals surface area contributed by atoms with Gasteiger partial charge in [0.05, 0.1) is 6.54 Å². The Balaban J connectivity index is 2.68. The molecule has 0 heterocycles.